The Balaban J connectivity index is 0.00000288. The van der Waals surface area contributed by atoms with Gasteiger partial charge in [-0.15, -0.1) is 24.0 Å². The molecule has 0 aromatic carbocycles. The van der Waals surface area contributed by atoms with Gasteiger partial charge in [0.25, 0.3) is 0 Å². The third-order valence-electron chi connectivity index (χ3n) is 5.47. The molecule has 0 atom stereocenters. The Morgan fingerprint density at radius 1 is 1.12 bits per heavy atom. The van der Waals surface area contributed by atoms with Gasteiger partial charge in [-0.3, -0.25) is 9.89 Å². The van der Waals surface area contributed by atoms with E-state index in [1.165, 1.54) is 32.1 Å². The van der Waals surface area contributed by atoms with Crippen molar-refractivity contribution in [2.24, 2.45) is 16.3 Å². The highest BCUT2D eigenvalue weighted by atomic mass is 127. The van der Waals surface area contributed by atoms with Gasteiger partial charge in [0.2, 0.25) is 0 Å². The largest absolute Gasteiger partial charge is 0.379 e. The van der Waals surface area contributed by atoms with Crippen molar-refractivity contribution < 1.29 is 4.74 Å². The van der Waals surface area contributed by atoms with Gasteiger partial charge in [0.1, 0.15) is 0 Å². The van der Waals surface area contributed by atoms with Gasteiger partial charge in [-0.1, -0.05) is 33.1 Å². The van der Waals surface area contributed by atoms with E-state index in [-0.39, 0.29) is 24.0 Å². The van der Waals surface area contributed by atoms with Crippen molar-refractivity contribution in [3.05, 3.63) is 0 Å². The Kier molecular flexibility index (Phi) is 10.5. The molecule has 2 aliphatic rings. The first kappa shape index (κ1) is 22.0. The Labute approximate surface area is 165 Å². The Morgan fingerprint density at radius 2 is 1.79 bits per heavy atom. The van der Waals surface area contributed by atoms with E-state index in [1.807, 2.05) is 7.05 Å². The first-order valence-corrected chi connectivity index (χ1v) is 9.36. The van der Waals surface area contributed by atoms with Crippen LogP contribution in [0.15, 0.2) is 4.99 Å². The summed E-state index contributed by atoms with van der Waals surface area (Å²) in [4.78, 5) is 6.81. The lowest BCUT2D eigenvalue weighted by atomic mass is 9.71. The van der Waals surface area contributed by atoms with Crippen LogP contribution in [0, 0.1) is 11.3 Å². The molecular formula is C18H37IN4O. The number of ether oxygens (including phenoxy) is 1. The lowest BCUT2D eigenvalue weighted by Gasteiger charge is -2.37. The van der Waals surface area contributed by atoms with Crippen molar-refractivity contribution in [2.45, 2.75) is 46.0 Å². The van der Waals surface area contributed by atoms with Crippen LogP contribution < -0.4 is 10.6 Å². The first-order valence-electron chi connectivity index (χ1n) is 9.36. The van der Waals surface area contributed by atoms with Crippen LogP contribution >= 0.6 is 24.0 Å². The average Bonchev–Trinajstić information content (AvgIpc) is 2.59. The lowest BCUT2D eigenvalue weighted by Crippen LogP contribution is -2.47. The number of morpholine rings is 1. The third-order valence-corrected chi connectivity index (χ3v) is 5.47. The monoisotopic (exact) mass is 452 g/mol. The first-order chi connectivity index (χ1) is 11.1. The van der Waals surface area contributed by atoms with Crippen LogP contribution in [-0.2, 0) is 4.74 Å². The number of nitrogens with one attached hydrogen (secondary N) is 2. The summed E-state index contributed by atoms with van der Waals surface area (Å²) in [6, 6.07) is 0. The molecule has 142 valence electrons. The maximum atomic E-state index is 5.38. The van der Waals surface area contributed by atoms with Gasteiger partial charge in [-0.25, -0.2) is 0 Å². The summed E-state index contributed by atoms with van der Waals surface area (Å²) in [6.07, 6.45) is 7.00. The van der Waals surface area contributed by atoms with Crippen LogP contribution in [0.1, 0.15) is 46.0 Å². The fraction of sp³-hybridized carbons (Fsp3) is 0.944. The molecular weight excluding hydrogens is 415 g/mol. The van der Waals surface area contributed by atoms with E-state index in [9.17, 15) is 0 Å². The van der Waals surface area contributed by atoms with Crippen molar-refractivity contribution in [1.82, 2.24) is 15.5 Å². The smallest absolute Gasteiger partial charge is 0.191 e. The molecule has 24 heavy (non-hydrogen) atoms. The Bertz CT molecular complexity index is 364. The van der Waals surface area contributed by atoms with Gasteiger partial charge >= 0.3 is 0 Å². The molecule has 0 bridgehead atoms. The maximum Gasteiger partial charge on any atom is 0.191 e. The standard InChI is InChI=1S/C18H36N4O.HI/c1-18(2,16-7-5-4-6-8-16)15-21-17(19-3)20-9-10-22-11-13-23-14-12-22;/h16H,4-15H2,1-3H3,(H2,19,20,21);1H. The predicted molar refractivity (Wildman–Crippen MR) is 112 cm³/mol. The highest BCUT2D eigenvalue weighted by Crippen LogP contribution is 2.37. The van der Waals surface area contributed by atoms with Crippen molar-refractivity contribution in [1.29, 1.82) is 0 Å². The van der Waals surface area contributed by atoms with E-state index < -0.39 is 0 Å². The molecule has 0 amide bonds. The summed E-state index contributed by atoms with van der Waals surface area (Å²) in [5.41, 5.74) is 0.336. The van der Waals surface area contributed by atoms with E-state index in [0.717, 1.165) is 57.8 Å². The quantitative estimate of drug-likeness (QED) is 0.370. The topological polar surface area (TPSA) is 48.9 Å². The summed E-state index contributed by atoms with van der Waals surface area (Å²) in [7, 11) is 1.86. The minimum Gasteiger partial charge on any atom is -0.379 e. The third kappa shape index (κ3) is 7.44. The van der Waals surface area contributed by atoms with E-state index in [1.54, 1.807) is 0 Å². The number of hydrogen-bond donors (Lipinski definition) is 2. The minimum atomic E-state index is 0. The average molecular weight is 452 g/mol. The van der Waals surface area contributed by atoms with Gasteiger partial charge in [0, 0.05) is 39.8 Å². The van der Waals surface area contributed by atoms with Crippen LogP contribution in [0.25, 0.3) is 0 Å². The molecule has 0 aromatic heterocycles. The van der Waals surface area contributed by atoms with Crippen molar-refractivity contribution >= 4 is 29.9 Å². The highest BCUT2D eigenvalue weighted by molar-refractivity contribution is 14.0. The number of hydrogen-bond acceptors (Lipinski definition) is 3. The summed E-state index contributed by atoms with van der Waals surface area (Å²) in [6.45, 7) is 11.6. The van der Waals surface area contributed by atoms with Crippen molar-refractivity contribution in [2.75, 3.05) is 53.0 Å². The molecule has 1 aliphatic carbocycles. The zero-order valence-electron chi connectivity index (χ0n) is 15.8. The molecule has 2 N–H and O–H groups in total. The summed E-state index contributed by atoms with van der Waals surface area (Å²) < 4.78 is 5.38. The lowest BCUT2D eigenvalue weighted by molar-refractivity contribution is 0.0389. The van der Waals surface area contributed by atoms with Gasteiger partial charge < -0.3 is 15.4 Å². The van der Waals surface area contributed by atoms with Crippen LogP contribution in [-0.4, -0.2) is 63.8 Å². The number of halogens is 1. The fourth-order valence-electron chi connectivity index (χ4n) is 3.72. The molecule has 0 radical (unpaired) electrons. The zero-order valence-corrected chi connectivity index (χ0v) is 18.1. The number of rotatable bonds is 6. The highest BCUT2D eigenvalue weighted by Gasteiger charge is 2.30. The second kappa shape index (κ2) is 11.5. The van der Waals surface area contributed by atoms with E-state index in [0.29, 0.717) is 5.41 Å². The maximum absolute atomic E-state index is 5.38. The molecule has 1 saturated carbocycles. The number of guanidine groups is 1. The summed E-state index contributed by atoms with van der Waals surface area (Å²) in [5, 5.41) is 6.99. The predicted octanol–water partition coefficient (Wildman–Crippen LogP) is 2.71. The number of aliphatic imine (C=N–C) groups is 1. The molecule has 0 unspecified atom stereocenters. The molecule has 2 fully saturated rings. The molecule has 0 spiro atoms. The van der Waals surface area contributed by atoms with E-state index in [4.69, 9.17) is 4.74 Å². The van der Waals surface area contributed by atoms with E-state index in [2.05, 4.69) is 34.4 Å². The SMILES string of the molecule is CN=C(NCCN1CCOCC1)NCC(C)(C)C1CCCCC1.I. The second-order valence-corrected chi connectivity index (χ2v) is 7.63. The van der Waals surface area contributed by atoms with E-state index >= 15 is 0 Å². The zero-order chi connectivity index (χ0) is 16.5. The normalized spacial score (nSPS) is 21.2. The van der Waals surface area contributed by atoms with Crippen LogP contribution in [0.2, 0.25) is 0 Å². The fourth-order valence-corrected chi connectivity index (χ4v) is 3.72. The molecule has 2 rings (SSSR count). The molecule has 6 heteroatoms. The van der Waals surface area contributed by atoms with Crippen LogP contribution in [0.4, 0.5) is 0 Å². The molecule has 1 heterocycles. The molecule has 0 aromatic rings. The number of nitrogens with zero attached hydrogens (tertiary/aromatic N) is 2. The molecule has 1 aliphatic heterocycles. The summed E-state index contributed by atoms with van der Waals surface area (Å²) >= 11 is 0. The Morgan fingerprint density at radius 3 is 2.42 bits per heavy atom. The Hall–Kier alpha value is -0.0800. The van der Waals surface area contributed by atoms with Gasteiger partial charge in [0.05, 0.1) is 13.2 Å². The van der Waals surface area contributed by atoms with Crippen LogP contribution in [0.3, 0.4) is 0 Å². The van der Waals surface area contributed by atoms with Gasteiger partial charge in [-0.2, -0.15) is 0 Å². The van der Waals surface area contributed by atoms with Gasteiger partial charge in [0.15, 0.2) is 5.96 Å². The van der Waals surface area contributed by atoms with Crippen molar-refractivity contribution in [3.63, 3.8) is 0 Å². The van der Waals surface area contributed by atoms with Crippen molar-refractivity contribution in [3.8, 4) is 0 Å². The van der Waals surface area contributed by atoms with Crippen LogP contribution in [0.5, 0.6) is 0 Å². The molecule has 5 nitrogen and oxygen atoms in total. The minimum absolute atomic E-state index is 0. The summed E-state index contributed by atoms with van der Waals surface area (Å²) in [5.74, 6) is 1.78. The molecule has 1 saturated heterocycles. The second-order valence-electron chi connectivity index (χ2n) is 7.63. The van der Waals surface area contributed by atoms with Gasteiger partial charge in [-0.05, 0) is 24.2 Å².